The SMILES string of the molecule is CCCCCCCCCC1(N2CCCCCCCC2)CCCCCCCC1. The fourth-order valence-corrected chi connectivity index (χ4v) is 5.77. The third kappa shape index (κ3) is 9.33. The van der Waals surface area contributed by atoms with Crippen LogP contribution in [0.25, 0.3) is 0 Å². The maximum absolute atomic E-state index is 3.04. The van der Waals surface area contributed by atoms with Crippen molar-refractivity contribution in [2.75, 3.05) is 13.1 Å². The van der Waals surface area contributed by atoms with Crippen molar-refractivity contribution in [2.24, 2.45) is 0 Å². The zero-order valence-electron chi connectivity index (χ0n) is 18.9. The molecular formula is C26H51N. The lowest BCUT2D eigenvalue weighted by atomic mass is 9.80. The van der Waals surface area contributed by atoms with E-state index in [1.807, 2.05) is 0 Å². The summed E-state index contributed by atoms with van der Waals surface area (Å²) in [4.78, 5) is 3.04. The normalized spacial score (nSPS) is 23.4. The number of unbranched alkanes of at least 4 members (excludes halogenated alkanes) is 6. The molecule has 27 heavy (non-hydrogen) atoms. The Morgan fingerprint density at radius 3 is 1.52 bits per heavy atom. The molecule has 1 saturated carbocycles. The van der Waals surface area contributed by atoms with Gasteiger partial charge in [0.2, 0.25) is 0 Å². The van der Waals surface area contributed by atoms with Crippen LogP contribution in [0.3, 0.4) is 0 Å². The van der Waals surface area contributed by atoms with Crippen LogP contribution in [-0.2, 0) is 0 Å². The Hall–Kier alpha value is -0.0400. The summed E-state index contributed by atoms with van der Waals surface area (Å²) in [7, 11) is 0. The smallest absolute Gasteiger partial charge is 0.0209 e. The van der Waals surface area contributed by atoms with Crippen molar-refractivity contribution >= 4 is 0 Å². The van der Waals surface area contributed by atoms with Crippen LogP contribution in [0.1, 0.15) is 148 Å². The van der Waals surface area contributed by atoms with Crippen molar-refractivity contribution in [2.45, 2.75) is 154 Å². The third-order valence-corrected chi connectivity index (χ3v) is 7.56. The lowest BCUT2D eigenvalue weighted by Gasteiger charge is -2.45. The van der Waals surface area contributed by atoms with Crippen LogP contribution in [0.2, 0.25) is 0 Å². The van der Waals surface area contributed by atoms with Gasteiger partial charge in [-0.1, -0.05) is 116 Å². The first-order valence-corrected chi connectivity index (χ1v) is 13.1. The van der Waals surface area contributed by atoms with Gasteiger partial charge in [0.1, 0.15) is 0 Å². The van der Waals surface area contributed by atoms with Gasteiger partial charge in [0, 0.05) is 5.54 Å². The molecule has 2 aliphatic rings. The van der Waals surface area contributed by atoms with Crippen molar-refractivity contribution < 1.29 is 0 Å². The molecule has 0 aromatic carbocycles. The Morgan fingerprint density at radius 1 is 0.519 bits per heavy atom. The molecule has 0 atom stereocenters. The van der Waals surface area contributed by atoms with E-state index in [9.17, 15) is 0 Å². The third-order valence-electron chi connectivity index (χ3n) is 7.56. The maximum atomic E-state index is 3.04. The van der Waals surface area contributed by atoms with Gasteiger partial charge < -0.3 is 0 Å². The van der Waals surface area contributed by atoms with E-state index in [4.69, 9.17) is 0 Å². The minimum atomic E-state index is 0.568. The first kappa shape index (κ1) is 23.2. The van der Waals surface area contributed by atoms with Gasteiger partial charge in [-0.2, -0.15) is 0 Å². The molecule has 1 heteroatoms. The maximum Gasteiger partial charge on any atom is 0.0209 e. The quantitative estimate of drug-likeness (QED) is 0.363. The highest BCUT2D eigenvalue weighted by atomic mass is 15.2. The molecule has 1 saturated heterocycles. The molecule has 0 bridgehead atoms. The van der Waals surface area contributed by atoms with E-state index in [0.29, 0.717) is 5.54 Å². The number of rotatable bonds is 9. The van der Waals surface area contributed by atoms with E-state index in [-0.39, 0.29) is 0 Å². The standard InChI is InChI=1S/C26H51N/c1-2-3-4-5-6-11-16-21-26(22-17-12-7-8-13-18-23-26)27-24-19-14-9-10-15-20-25-27/h2-25H2,1H3. The van der Waals surface area contributed by atoms with Crippen molar-refractivity contribution in [3.8, 4) is 0 Å². The summed E-state index contributed by atoms with van der Waals surface area (Å²) in [5.41, 5.74) is 0.568. The predicted octanol–water partition coefficient (Wildman–Crippen LogP) is 8.66. The van der Waals surface area contributed by atoms with Crippen molar-refractivity contribution in [3.63, 3.8) is 0 Å². The molecule has 0 aromatic rings. The second-order valence-corrected chi connectivity index (χ2v) is 9.83. The Morgan fingerprint density at radius 2 is 0.963 bits per heavy atom. The van der Waals surface area contributed by atoms with Gasteiger partial charge in [-0.25, -0.2) is 0 Å². The summed E-state index contributed by atoms with van der Waals surface area (Å²) in [6.07, 6.45) is 32.5. The van der Waals surface area contributed by atoms with Gasteiger partial charge in [0.15, 0.2) is 0 Å². The molecule has 160 valence electrons. The summed E-state index contributed by atoms with van der Waals surface area (Å²) in [6.45, 7) is 5.12. The second kappa shape index (κ2) is 14.9. The monoisotopic (exact) mass is 377 g/mol. The highest BCUT2D eigenvalue weighted by Gasteiger charge is 2.35. The van der Waals surface area contributed by atoms with Gasteiger partial charge in [-0.15, -0.1) is 0 Å². The molecule has 1 heterocycles. The van der Waals surface area contributed by atoms with Crippen LogP contribution in [0, 0.1) is 0 Å². The Balaban J connectivity index is 1.92. The molecule has 0 aromatic heterocycles. The van der Waals surface area contributed by atoms with Crippen molar-refractivity contribution in [3.05, 3.63) is 0 Å². The molecular weight excluding hydrogens is 326 g/mol. The van der Waals surface area contributed by atoms with Gasteiger partial charge in [-0.05, 0) is 45.2 Å². The second-order valence-electron chi connectivity index (χ2n) is 9.83. The largest absolute Gasteiger partial charge is 0.298 e. The Kier molecular flexibility index (Phi) is 12.8. The molecule has 2 rings (SSSR count). The molecule has 1 aliphatic heterocycles. The van der Waals surface area contributed by atoms with E-state index < -0.39 is 0 Å². The number of hydrogen-bond acceptors (Lipinski definition) is 1. The number of hydrogen-bond donors (Lipinski definition) is 0. The lowest BCUT2D eigenvalue weighted by molar-refractivity contribution is 0.0522. The fourth-order valence-electron chi connectivity index (χ4n) is 5.77. The summed E-state index contributed by atoms with van der Waals surface area (Å²) < 4.78 is 0. The molecule has 2 fully saturated rings. The predicted molar refractivity (Wildman–Crippen MR) is 122 cm³/mol. The lowest BCUT2D eigenvalue weighted by Crippen LogP contribution is -2.49. The summed E-state index contributed by atoms with van der Waals surface area (Å²) in [6, 6.07) is 0. The van der Waals surface area contributed by atoms with Crippen LogP contribution in [0.4, 0.5) is 0 Å². The minimum absolute atomic E-state index is 0.568. The zero-order chi connectivity index (χ0) is 19.0. The van der Waals surface area contributed by atoms with E-state index in [2.05, 4.69) is 11.8 Å². The highest BCUT2D eigenvalue weighted by Crippen LogP contribution is 2.37. The van der Waals surface area contributed by atoms with E-state index in [1.165, 1.54) is 154 Å². The van der Waals surface area contributed by atoms with Gasteiger partial charge in [0.05, 0.1) is 0 Å². The van der Waals surface area contributed by atoms with E-state index in [0.717, 1.165) is 0 Å². The Labute approximate surface area is 172 Å². The molecule has 0 N–H and O–H groups in total. The van der Waals surface area contributed by atoms with Gasteiger partial charge in [-0.3, -0.25) is 4.90 Å². The number of nitrogens with zero attached hydrogens (tertiary/aromatic N) is 1. The first-order valence-electron chi connectivity index (χ1n) is 13.1. The average Bonchev–Trinajstić information content (AvgIpc) is 2.90. The van der Waals surface area contributed by atoms with Crippen LogP contribution in [0.5, 0.6) is 0 Å². The highest BCUT2D eigenvalue weighted by molar-refractivity contribution is 4.91. The van der Waals surface area contributed by atoms with Gasteiger partial charge in [0.25, 0.3) is 0 Å². The van der Waals surface area contributed by atoms with E-state index in [1.54, 1.807) is 0 Å². The van der Waals surface area contributed by atoms with Crippen LogP contribution in [0.15, 0.2) is 0 Å². The molecule has 0 spiro atoms. The Bertz CT molecular complexity index is 317. The topological polar surface area (TPSA) is 3.24 Å². The fraction of sp³-hybridized carbons (Fsp3) is 1.00. The van der Waals surface area contributed by atoms with E-state index >= 15 is 0 Å². The van der Waals surface area contributed by atoms with Gasteiger partial charge >= 0.3 is 0 Å². The minimum Gasteiger partial charge on any atom is -0.298 e. The van der Waals surface area contributed by atoms with Crippen LogP contribution in [-0.4, -0.2) is 23.5 Å². The summed E-state index contributed by atoms with van der Waals surface area (Å²) in [5.74, 6) is 0. The first-order chi connectivity index (χ1) is 13.4. The summed E-state index contributed by atoms with van der Waals surface area (Å²) >= 11 is 0. The average molecular weight is 378 g/mol. The molecule has 0 amide bonds. The zero-order valence-corrected chi connectivity index (χ0v) is 18.9. The van der Waals surface area contributed by atoms with Crippen molar-refractivity contribution in [1.82, 2.24) is 4.90 Å². The molecule has 0 radical (unpaired) electrons. The summed E-state index contributed by atoms with van der Waals surface area (Å²) in [5, 5.41) is 0. The molecule has 0 unspecified atom stereocenters. The van der Waals surface area contributed by atoms with Crippen molar-refractivity contribution in [1.29, 1.82) is 0 Å². The van der Waals surface area contributed by atoms with Crippen LogP contribution >= 0.6 is 0 Å². The van der Waals surface area contributed by atoms with Crippen LogP contribution < -0.4 is 0 Å². The molecule has 1 aliphatic carbocycles. The molecule has 1 nitrogen and oxygen atoms in total.